The Morgan fingerprint density at radius 3 is 1.02 bits per heavy atom. The minimum Gasteiger partial charge on any atom is -0.491 e. The lowest BCUT2D eigenvalue weighted by atomic mass is 10.2. The molecule has 274 valence electrons. The minimum absolute atomic E-state index is 0.114. The van der Waals surface area contributed by atoms with Gasteiger partial charge in [0.05, 0.1) is 34.3 Å². The maximum atomic E-state index is 13.7. The topological polar surface area (TPSA) is 134 Å². The normalized spacial score (nSPS) is 12.9. The molecule has 5 rings (SSSR count). The van der Waals surface area contributed by atoms with Crippen molar-refractivity contribution in [1.82, 2.24) is 0 Å². The van der Waals surface area contributed by atoms with Crippen LogP contribution in [-0.2, 0) is 20.0 Å². The fraction of sp³-hybridized carbons (Fsp3) is 0.250. The van der Waals surface area contributed by atoms with Crippen LogP contribution in [0.2, 0.25) is 0 Å². The number of benzene rings is 5. The van der Waals surface area contributed by atoms with E-state index in [2.05, 4.69) is 0 Å². The van der Waals surface area contributed by atoms with Gasteiger partial charge in [-0.3, -0.25) is 8.61 Å². The average molecular weight is 745 g/mol. The molecular weight excluding hydrogens is 701 g/mol. The van der Waals surface area contributed by atoms with Gasteiger partial charge >= 0.3 is 0 Å². The van der Waals surface area contributed by atoms with Gasteiger partial charge in [0.2, 0.25) is 0 Å². The first kappa shape index (κ1) is 38.4. The van der Waals surface area contributed by atoms with Gasteiger partial charge in [-0.2, -0.15) is 0 Å². The van der Waals surface area contributed by atoms with E-state index in [0.29, 0.717) is 22.9 Å². The van der Waals surface area contributed by atoms with Gasteiger partial charge in [0.25, 0.3) is 20.0 Å². The van der Waals surface area contributed by atoms with Crippen molar-refractivity contribution < 1.29 is 36.5 Å². The third-order valence-electron chi connectivity index (χ3n) is 8.32. The smallest absolute Gasteiger partial charge is 0.264 e. The molecule has 0 aliphatic rings. The highest BCUT2D eigenvalue weighted by Crippen LogP contribution is 2.27. The molecule has 0 radical (unpaired) electrons. The molecule has 2 N–H and O–H groups in total. The summed E-state index contributed by atoms with van der Waals surface area (Å²) < 4.78 is 68.6. The van der Waals surface area contributed by atoms with E-state index in [-0.39, 0.29) is 36.1 Å². The molecule has 0 fully saturated rings. The minimum atomic E-state index is -3.99. The van der Waals surface area contributed by atoms with Crippen LogP contribution in [0.1, 0.15) is 22.3 Å². The number of hydrogen-bond acceptors (Lipinski definition) is 8. The SMILES string of the molecule is Cc1ccc(N(C[C@H](O)COc2ccc(OC[C@H](O)CN(c3ccc(C)cc3)S(=O)(=O)c3ccc(C)cc3)cc2)S(=O)(=O)c2ccc(C)cc2)cc1. The molecule has 10 nitrogen and oxygen atoms in total. The summed E-state index contributed by atoms with van der Waals surface area (Å²) in [4.78, 5) is 0.228. The van der Waals surface area contributed by atoms with Crippen LogP contribution in [0.4, 0.5) is 11.4 Å². The molecule has 0 aliphatic carbocycles. The van der Waals surface area contributed by atoms with Crippen LogP contribution in [0, 0.1) is 27.7 Å². The molecule has 5 aromatic rings. The second-order valence-electron chi connectivity index (χ2n) is 12.8. The second kappa shape index (κ2) is 16.6. The predicted octanol–water partition coefficient (Wildman–Crippen LogP) is 6.19. The number of sulfonamides is 2. The summed E-state index contributed by atoms with van der Waals surface area (Å²) >= 11 is 0. The number of hydrogen-bond donors (Lipinski definition) is 2. The molecule has 0 saturated carbocycles. The Balaban J connectivity index is 1.20. The zero-order valence-electron chi connectivity index (χ0n) is 29.6. The van der Waals surface area contributed by atoms with Crippen molar-refractivity contribution in [3.8, 4) is 11.5 Å². The van der Waals surface area contributed by atoms with Crippen LogP contribution < -0.4 is 18.1 Å². The van der Waals surface area contributed by atoms with Crippen molar-refractivity contribution in [3.05, 3.63) is 144 Å². The van der Waals surface area contributed by atoms with Gasteiger partial charge < -0.3 is 19.7 Å². The molecular formula is C40H44N2O8S2. The standard InChI is InChI=1S/C40H44N2O8S2/c1-29-5-13-33(14-6-29)41(51(45,46)39-21-9-31(3)10-22-39)25-35(43)27-49-37-17-19-38(20-18-37)50-28-36(44)26-42(34-15-7-30(2)8-16-34)52(47,48)40-23-11-32(4)12-24-40/h5-24,35-36,43-44H,25-28H2,1-4H3/t35-,36+. The highest BCUT2D eigenvalue weighted by atomic mass is 32.2. The van der Waals surface area contributed by atoms with Gasteiger partial charge in [-0.15, -0.1) is 0 Å². The summed E-state index contributed by atoms with van der Waals surface area (Å²) in [5.41, 5.74) is 4.63. The number of aryl methyl sites for hydroxylation is 4. The molecule has 2 atom stereocenters. The van der Waals surface area contributed by atoms with Gasteiger partial charge in [0, 0.05) is 0 Å². The van der Waals surface area contributed by atoms with E-state index < -0.39 is 32.3 Å². The van der Waals surface area contributed by atoms with Gasteiger partial charge in [-0.1, -0.05) is 70.8 Å². The average Bonchev–Trinajstić information content (AvgIpc) is 3.12. The lowest BCUT2D eigenvalue weighted by Crippen LogP contribution is -2.40. The Hall–Kier alpha value is -4.88. The van der Waals surface area contributed by atoms with Crippen LogP contribution in [0.3, 0.4) is 0 Å². The Labute approximate surface area is 306 Å². The van der Waals surface area contributed by atoms with E-state index >= 15 is 0 Å². The third-order valence-corrected chi connectivity index (χ3v) is 11.9. The number of rotatable bonds is 16. The first-order valence-corrected chi connectivity index (χ1v) is 19.6. The zero-order chi connectivity index (χ0) is 37.5. The van der Waals surface area contributed by atoms with Crippen molar-refractivity contribution in [3.63, 3.8) is 0 Å². The molecule has 0 aliphatic heterocycles. The Morgan fingerprint density at radius 2 is 0.731 bits per heavy atom. The van der Waals surface area contributed by atoms with Gasteiger partial charge in [0.15, 0.2) is 0 Å². The summed E-state index contributed by atoms with van der Waals surface area (Å²) in [5, 5.41) is 21.9. The van der Waals surface area contributed by atoms with Crippen LogP contribution in [0.25, 0.3) is 0 Å². The van der Waals surface area contributed by atoms with Crippen molar-refractivity contribution in [2.75, 3.05) is 34.9 Å². The van der Waals surface area contributed by atoms with Crippen molar-refractivity contribution in [2.24, 2.45) is 0 Å². The molecule has 52 heavy (non-hydrogen) atoms. The summed E-state index contributed by atoms with van der Waals surface area (Å²) in [6.45, 7) is 6.72. The second-order valence-corrected chi connectivity index (χ2v) is 16.5. The summed E-state index contributed by atoms with van der Waals surface area (Å²) in [6.07, 6.45) is -2.33. The molecule has 0 aromatic heterocycles. The quantitative estimate of drug-likeness (QED) is 0.122. The molecule has 0 heterocycles. The third kappa shape index (κ3) is 9.71. The summed E-state index contributed by atoms with van der Waals surface area (Å²) in [5.74, 6) is 0.815. The van der Waals surface area contributed by atoms with Crippen LogP contribution >= 0.6 is 0 Å². The predicted molar refractivity (Wildman–Crippen MR) is 203 cm³/mol. The molecule has 0 unspecified atom stereocenters. The van der Waals surface area contributed by atoms with E-state index in [4.69, 9.17) is 9.47 Å². The largest absolute Gasteiger partial charge is 0.491 e. The lowest BCUT2D eigenvalue weighted by molar-refractivity contribution is 0.113. The molecule has 0 saturated heterocycles. The van der Waals surface area contributed by atoms with E-state index in [0.717, 1.165) is 22.3 Å². The number of aliphatic hydroxyl groups excluding tert-OH is 2. The summed E-state index contributed by atoms with van der Waals surface area (Å²) in [6, 6.07) is 33.6. The zero-order valence-corrected chi connectivity index (χ0v) is 31.2. The number of anilines is 2. The van der Waals surface area contributed by atoms with Crippen LogP contribution in [-0.4, -0.2) is 65.6 Å². The van der Waals surface area contributed by atoms with Crippen molar-refractivity contribution in [2.45, 2.75) is 49.7 Å². The molecule has 0 spiro atoms. The maximum Gasteiger partial charge on any atom is 0.264 e. The van der Waals surface area contributed by atoms with E-state index in [1.165, 1.54) is 8.61 Å². The maximum absolute atomic E-state index is 13.7. The molecule has 0 amide bonds. The van der Waals surface area contributed by atoms with Gasteiger partial charge in [-0.25, -0.2) is 16.8 Å². The highest BCUT2D eigenvalue weighted by molar-refractivity contribution is 7.93. The first-order valence-electron chi connectivity index (χ1n) is 16.8. The Kier molecular flexibility index (Phi) is 12.3. The van der Waals surface area contributed by atoms with Gasteiger partial charge in [-0.05, 0) is 100 Å². The van der Waals surface area contributed by atoms with Crippen molar-refractivity contribution in [1.29, 1.82) is 0 Å². The molecule has 0 bridgehead atoms. The fourth-order valence-electron chi connectivity index (χ4n) is 5.29. The monoisotopic (exact) mass is 744 g/mol. The Bertz CT molecular complexity index is 1970. The lowest BCUT2D eigenvalue weighted by Gasteiger charge is -2.27. The Morgan fingerprint density at radius 1 is 0.462 bits per heavy atom. The summed E-state index contributed by atoms with van der Waals surface area (Å²) in [7, 11) is -7.97. The number of nitrogens with zero attached hydrogens (tertiary/aromatic N) is 2. The van der Waals surface area contributed by atoms with Crippen LogP contribution in [0.15, 0.2) is 131 Å². The molecule has 12 heteroatoms. The fourth-order valence-corrected chi connectivity index (χ4v) is 8.29. The van der Waals surface area contributed by atoms with E-state index in [1.807, 2.05) is 52.0 Å². The van der Waals surface area contributed by atoms with Gasteiger partial charge in [0.1, 0.15) is 36.9 Å². The number of aliphatic hydroxyl groups is 2. The highest BCUT2D eigenvalue weighted by Gasteiger charge is 2.29. The van der Waals surface area contributed by atoms with Crippen molar-refractivity contribution >= 4 is 31.4 Å². The first-order chi connectivity index (χ1) is 24.7. The van der Waals surface area contributed by atoms with E-state index in [9.17, 15) is 27.0 Å². The molecule has 5 aromatic carbocycles. The van der Waals surface area contributed by atoms with Crippen LogP contribution in [0.5, 0.6) is 11.5 Å². The van der Waals surface area contributed by atoms with E-state index in [1.54, 1.807) is 97.1 Å². The number of ether oxygens (including phenoxy) is 2.